The molecule has 1 saturated heterocycles. The zero-order valence-corrected chi connectivity index (χ0v) is 11.0. The SMILES string of the molecule is C#CCCCC(=O)C1CSC(C)C(C)S1. The van der Waals surface area contributed by atoms with Crippen LogP contribution in [-0.4, -0.2) is 27.3 Å². The van der Waals surface area contributed by atoms with E-state index in [0.29, 0.717) is 22.7 Å². The topological polar surface area (TPSA) is 17.1 Å². The number of carbonyl (C=O) groups excluding carboxylic acids is 1. The van der Waals surface area contributed by atoms with Gasteiger partial charge in [0.25, 0.3) is 0 Å². The van der Waals surface area contributed by atoms with E-state index < -0.39 is 0 Å². The monoisotopic (exact) mass is 242 g/mol. The van der Waals surface area contributed by atoms with Crippen molar-refractivity contribution in [2.24, 2.45) is 0 Å². The van der Waals surface area contributed by atoms with E-state index in [1.54, 1.807) is 0 Å². The molecule has 15 heavy (non-hydrogen) atoms. The lowest BCUT2D eigenvalue weighted by molar-refractivity contribution is -0.118. The Labute approximate surface area is 101 Å². The molecule has 1 rings (SSSR count). The second-order valence-corrected chi connectivity index (χ2v) is 6.89. The molecule has 0 N–H and O–H groups in total. The third kappa shape index (κ3) is 4.12. The number of hydrogen-bond donors (Lipinski definition) is 0. The van der Waals surface area contributed by atoms with Crippen LogP contribution in [0.4, 0.5) is 0 Å². The summed E-state index contributed by atoms with van der Waals surface area (Å²) in [5.41, 5.74) is 0. The smallest absolute Gasteiger partial charge is 0.146 e. The Balaban J connectivity index is 2.31. The fourth-order valence-corrected chi connectivity index (χ4v) is 4.40. The van der Waals surface area contributed by atoms with Gasteiger partial charge in [-0.3, -0.25) is 4.79 Å². The average molecular weight is 242 g/mol. The normalized spacial score (nSPS) is 30.9. The van der Waals surface area contributed by atoms with Gasteiger partial charge in [-0.1, -0.05) is 13.8 Å². The molecule has 0 bridgehead atoms. The van der Waals surface area contributed by atoms with Gasteiger partial charge in [0.05, 0.1) is 5.25 Å². The van der Waals surface area contributed by atoms with Gasteiger partial charge in [0.15, 0.2) is 0 Å². The lowest BCUT2D eigenvalue weighted by Gasteiger charge is -2.30. The molecule has 0 saturated carbocycles. The van der Waals surface area contributed by atoms with Gasteiger partial charge in [-0.05, 0) is 6.42 Å². The Hall–Kier alpha value is -0.0700. The first-order chi connectivity index (χ1) is 7.15. The van der Waals surface area contributed by atoms with Crippen LogP contribution in [0.15, 0.2) is 0 Å². The van der Waals surface area contributed by atoms with E-state index in [-0.39, 0.29) is 5.25 Å². The van der Waals surface area contributed by atoms with Crippen molar-refractivity contribution in [3.05, 3.63) is 0 Å². The molecule has 3 atom stereocenters. The van der Waals surface area contributed by atoms with Crippen LogP contribution >= 0.6 is 23.5 Å². The lowest BCUT2D eigenvalue weighted by atomic mass is 10.1. The predicted octanol–water partition coefficient (Wildman–Crippen LogP) is 2.98. The van der Waals surface area contributed by atoms with E-state index in [2.05, 4.69) is 19.8 Å². The number of terminal acetylenes is 1. The minimum Gasteiger partial charge on any atom is -0.298 e. The van der Waals surface area contributed by atoms with Crippen LogP contribution in [-0.2, 0) is 4.79 Å². The zero-order valence-electron chi connectivity index (χ0n) is 9.36. The highest BCUT2D eigenvalue weighted by molar-refractivity contribution is 8.08. The van der Waals surface area contributed by atoms with Crippen LogP contribution in [0.3, 0.4) is 0 Å². The van der Waals surface area contributed by atoms with Gasteiger partial charge in [0, 0.05) is 29.1 Å². The van der Waals surface area contributed by atoms with Crippen molar-refractivity contribution in [3.63, 3.8) is 0 Å². The molecule has 0 aliphatic carbocycles. The molecule has 0 amide bonds. The van der Waals surface area contributed by atoms with Gasteiger partial charge < -0.3 is 0 Å². The lowest BCUT2D eigenvalue weighted by Crippen LogP contribution is -2.31. The van der Waals surface area contributed by atoms with Crippen molar-refractivity contribution >= 4 is 29.3 Å². The van der Waals surface area contributed by atoms with Gasteiger partial charge in [-0.2, -0.15) is 11.8 Å². The molecule has 0 aromatic carbocycles. The van der Waals surface area contributed by atoms with Crippen molar-refractivity contribution in [1.82, 2.24) is 0 Å². The molecule has 1 fully saturated rings. The second-order valence-electron chi connectivity index (χ2n) is 3.89. The maximum absolute atomic E-state index is 11.8. The van der Waals surface area contributed by atoms with E-state index in [9.17, 15) is 4.79 Å². The Morgan fingerprint density at radius 2 is 2.20 bits per heavy atom. The molecule has 3 unspecified atom stereocenters. The fraction of sp³-hybridized carbons (Fsp3) is 0.750. The number of carbonyl (C=O) groups is 1. The van der Waals surface area contributed by atoms with Crippen molar-refractivity contribution in [2.45, 2.75) is 48.9 Å². The largest absolute Gasteiger partial charge is 0.298 e. The molecule has 0 radical (unpaired) electrons. The maximum atomic E-state index is 11.8. The standard InChI is InChI=1S/C12H18OS2/c1-4-5-6-7-11(13)12-8-14-9(2)10(3)15-12/h1,9-10,12H,5-8H2,2-3H3. The van der Waals surface area contributed by atoms with Crippen molar-refractivity contribution in [3.8, 4) is 12.3 Å². The summed E-state index contributed by atoms with van der Waals surface area (Å²) in [7, 11) is 0. The van der Waals surface area contributed by atoms with E-state index in [4.69, 9.17) is 6.42 Å². The van der Waals surface area contributed by atoms with E-state index in [1.165, 1.54) is 0 Å². The summed E-state index contributed by atoms with van der Waals surface area (Å²) in [6, 6.07) is 0. The summed E-state index contributed by atoms with van der Waals surface area (Å²) in [6.07, 6.45) is 7.39. The predicted molar refractivity (Wildman–Crippen MR) is 70.5 cm³/mol. The number of thioether (sulfide) groups is 2. The summed E-state index contributed by atoms with van der Waals surface area (Å²) in [5.74, 6) is 3.95. The molecule has 1 heterocycles. The highest BCUT2D eigenvalue weighted by atomic mass is 32.2. The first-order valence-corrected chi connectivity index (χ1v) is 7.37. The van der Waals surface area contributed by atoms with Crippen molar-refractivity contribution in [2.75, 3.05) is 5.75 Å². The van der Waals surface area contributed by atoms with Crippen molar-refractivity contribution in [1.29, 1.82) is 0 Å². The molecule has 0 spiro atoms. The molecule has 1 aliphatic rings. The highest BCUT2D eigenvalue weighted by Gasteiger charge is 2.29. The highest BCUT2D eigenvalue weighted by Crippen LogP contribution is 2.36. The number of Topliss-reactive ketones (excluding diaryl/α,β-unsaturated/α-hetero) is 1. The van der Waals surface area contributed by atoms with Crippen LogP contribution in [0.5, 0.6) is 0 Å². The molecule has 0 aromatic heterocycles. The van der Waals surface area contributed by atoms with Crippen LogP contribution in [0.1, 0.15) is 33.1 Å². The van der Waals surface area contributed by atoms with Gasteiger partial charge in [0.2, 0.25) is 0 Å². The minimum atomic E-state index is 0.207. The summed E-state index contributed by atoms with van der Waals surface area (Å²) < 4.78 is 0. The van der Waals surface area contributed by atoms with E-state index in [1.807, 2.05) is 23.5 Å². The molecule has 3 heteroatoms. The number of hydrogen-bond acceptors (Lipinski definition) is 3. The van der Waals surface area contributed by atoms with Crippen LogP contribution in [0.25, 0.3) is 0 Å². The third-order valence-corrected chi connectivity index (χ3v) is 6.09. The molecule has 84 valence electrons. The first kappa shape index (κ1) is 13.0. The first-order valence-electron chi connectivity index (χ1n) is 5.38. The summed E-state index contributed by atoms with van der Waals surface area (Å²) in [6.45, 7) is 4.45. The number of ketones is 1. The van der Waals surface area contributed by atoms with Gasteiger partial charge in [-0.25, -0.2) is 0 Å². The molecule has 0 aromatic rings. The Kier molecular flexibility index (Phi) is 5.63. The number of unbranched alkanes of at least 4 members (excludes halogenated alkanes) is 1. The molecular weight excluding hydrogens is 224 g/mol. The maximum Gasteiger partial charge on any atom is 0.146 e. The Bertz CT molecular complexity index is 257. The van der Waals surface area contributed by atoms with E-state index in [0.717, 1.165) is 18.6 Å². The zero-order chi connectivity index (χ0) is 11.3. The summed E-state index contributed by atoms with van der Waals surface area (Å²) >= 11 is 3.76. The summed E-state index contributed by atoms with van der Waals surface area (Å²) in [5, 5.41) is 1.47. The minimum absolute atomic E-state index is 0.207. The van der Waals surface area contributed by atoms with Gasteiger partial charge in [0.1, 0.15) is 5.78 Å². The third-order valence-electron chi connectivity index (χ3n) is 2.65. The molecular formula is C12H18OS2. The molecule has 1 nitrogen and oxygen atoms in total. The van der Waals surface area contributed by atoms with Crippen LogP contribution < -0.4 is 0 Å². The van der Waals surface area contributed by atoms with Crippen molar-refractivity contribution < 1.29 is 4.79 Å². The molecule has 1 aliphatic heterocycles. The van der Waals surface area contributed by atoms with Crippen LogP contribution in [0, 0.1) is 12.3 Å². The Morgan fingerprint density at radius 3 is 2.80 bits per heavy atom. The van der Waals surface area contributed by atoms with Gasteiger partial charge in [-0.15, -0.1) is 24.1 Å². The quantitative estimate of drug-likeness (QED) is 0.557. The second kappa shape index (κ2) is 6.50. The van der Waals surface area contributed by atoms with E-state index >= 15 is 0 Å². The Morgan fingerprint density at radius 1 is 1.47 bits per heavy atom. The average Bonchev–Trinajstić information content (AvgIpc) is 2.22. The van der Waals surface area contributed by atoms with Crippen LogP contribution in [0.2, 0.25) is 0 Å². The van der Waals surface area contributed by atoms with Gasteiger partial charge >= 0.3 is 0 Å². The summed E-state index contributed by atoms with van der Waals surface area (Å²) in [4.78, 5) is 11.8. The fourth-order valence-electron chi connectivity index (χ4n) is 1.48. The number of rotatable bonds is 4.